The molecule has 12 heteroatoms. The van der Waals surface area contributed by atoms with Crippen molar-refractivity contribution in [2.24, 2.45) is 5.92 Å². The molecule has 0 saturated carbocycles. The van der Waals surface area contributed by atoms with Crippen LogP contribution in [0.1, 0.15) is 29.8 Å². The van der Waals surface area contributed by atoms with Crippen LogP contribution in [0.2, 0.25) is 0 Å². The highest BCUT2D eigenvalue weighted by atomic mass is 32.2. The molecule has 2 N–H and O–H groups in total. The van der Waals surface area contributed by atoms with Crippen LogP contribution in [0.4, 0.5) is 10.1 Å². The SMILES string of the molecule is C[C@@H]1CN([C@H](C)CO)C(=O)Cc2cc(NC(=O)c3ccncc3)ccc2O[C@H]1CN(C)S(=O)(=O)c1ccc(F)cc1. The Bertz CT molecular complexity index is 1490. The van der Waals surface area contributed by atoms with E-state index >= 15 is 0 Å². The van der Waals surface area contributed by atoms with Crippen molar-refractivity contribution in [1.82, 2.24) is 14.2 Å². The zero-order chi connectivity index (χ0) is 29.7. The van der Waals surface area contributed by atoms with Crippen molar-refractivity contribution in [3.8, 4) is 5.75 Å². The number of nitrogens with one attached hydrogen (secondary N) is 1. The first-order valence-electron chi connectivity index (χ1n) is 13.1. The summed E-state index contributed by atoms with van der Waals surface area (Å²) >= 11 is 0. The number of ether oxygens (including phenoxy) is 1. The van der Waals surface area contributed by atoms with Crippen molar-refractivity contribution in [3.63, 3.8) is 0 Å². The van der Waals surface area contributed by atoms with E-state index in [9.17, 15) is 27.5 Å². The van der Waals surface area contributed by atoms with Crippen molar-refractivity contribution in [2.45, 2.75) is 37.3 Å². The van der Waals surface area contributed by atoms with Crippen LogP contribution < -0.4 is 10.1 Å². The van der Waals surface area contributed by atoms with Gasteiger partial charge in [-0.25, -0.2) is 12.8 Å². The van der Waals surface area contributed by atoms with Crippen LogP contribution in [-0.4, -0.2) is 78.4 Å². The predicted molar refractivity (Wildman–Crippen MR) is 150 cm³/mol. The minimum Gasteiger partial charge on any atom is -0.488 e. The number of aliphatic hydroxyl groups is 1. The summed E-state index contributed by atoms with van der Waals surface area (Å²) in [5.41, 5.74) is 1.36. The summed E-state index contributed by atoms with van der Waals surface area (Å²) in [6, 6.07) is 12.2. The summed E-state index contributed by atoms with van der Waals surface area (Å²) in [4.78, 5) is 31.5. The zero-order valence-electron chi connectivity index (χ0n) is 23.0. The fraction of sp³-hybridized carbons (Fsp3) is 0.345. The highest BCUT2D eigenvalue weighted by Gasteiger charge is 2.33. The molecule has 2 heterocycles. The van der Waals surface area contributed by atoms with Gasteiger partial charge in [-0.05, 0) is 61.5 Å². The van der Waals surface area contributed by atoms with Gasteiger partial charge in [0.2, 0.25) is 15.9 Å². The lowest BCUT2D eigenvalue weighted by Gasteiger charge is -2.33. The van der Waals surface area contributed by atoms with Crippen LogP contribution in [0.5, 0.6) is 5.75 Å². The summed E-state index contributed by atoms with van der Waals surface area (Å²) in [5, 5.41) is 12.7. The number of hydrogen-bond donors (Lipinski definition) is 2. The molecule has 3 atom stereocenters. The van der Waals surface area contributed by atoms with Gasteiger partial charge in [0.1, 0.15) is 17.7 Å². The molecule has 4 rings (SSSR count). The number of carbonyl (C=O) groups excluding carboxylic acids is 2. The van der Waals surface area contributed by atoms with Gasteiger partial charge in [-0.1, -0.05) is 6.92 Å². The van der Waals surface area contributed by atoms with Crippen molar-refractivity contribution in [3.05, 3.63) is 83.9 Å². The van der Waals surface area contributed by atoms with Crippen LogP contribution >= 0.6 is 0 Å². The predicted octanol–water partition coefficient (Wildman–Crippen LogP) is 2.94. The molecular weight excluding hydrogens is 551 g/mol. The molecule has 1 aromatic heterocycles. The largest absolute Gasteiger partial charge is 0.488 e. The first-order chi connectivity index (χ1) is 19.5. The third-order valence-corrected chi connectivity index (χ3v) is 8.91. The van der Waals surface area contributed by atoms with E-state index < -0.39 is 28.0 Å². The molecular formula is C29H33FN4O6S. The lowest BCUT2D eigenvalue weighted by atomic mass is 10.0. The third-order valence-electron chi connectivity index (χ3n) is 7.08. The molecule has 1 aliphatic rings. The first-order valence-corrected chi connectivity index (χ1v) is 14.6. The van der Waals surface area contributed by atoms with E-state index in [0.29, 0.717) is 22.6 Å². The maximum Gasteiger partial charge on any atom is 0.255 e. The van der Waals surface area contributed by atoms with Crippen LogP contribution in [-0.2, 0) is 21.2 Å². The molecule has 10 nitrogen and oxygen atoms in total. The van der Waals surface area contributed by atoms with Crippen LogP contribution in [0.3, 0.4) is 0 Å². The van der Waals surface area contributed by atoms with Crippen molar-refractivity contribution >= 4 is 27.5 Å². The lowest BCUT2D eigenvalue weighted by molar-refractivity contribution is -0.134. The molecule has 0 bridgehead atoms. The van der Waals surface area contributed by atoms with Crippen LogP contribution in [0.15, 0.2) is 71.9 Å². The van der Waals surface area contributed by atoms with Gasteiger partial charge in [0.15, 0.2) is 0 Å². The Kier molecular flexibility index (Phi) is 9.36. The number of carbonyl (C=O) groups is 2. The molecule has 0 spiro atoms. The fourth-order valence-electron chi connectivity index (χ4n) is 4.57. The number of sulfonamides is 1. The number of aromatic nitrogens is 1. The van der Waals surface area contributed by atoms with Crippen molar-refractivity contribution in [2.75, 3.05) is 32.1 Å². The molecule has 218 valence electrons. The Labute approximate surface area is 238 Å². The number of nitrogens with zero attached hydrogens (tertiary/aromatic N) is 3. The number of hydrogen-bond acceptors (Lipinski definition) is 7. The van der Waals surface area contributed by atoms with E-state index in [1.54, 1.807) is 42.2 Å². The molecule has 3 aromatic rings. The van der Waals surface area contributed by atoms with E-state index in [0.717, 1.165) is 16.4 Å². The summed E-state index contributed by atoms with van der Waals surface area (Å²) in [6.45, 7) is 3.49. The number of halogens is 1. The minimum absolute atomic E-state index is 0.0538. The normalized spacial score (nSPS) is 18.5. The van der Waals surface area contributed by atoms with E-state index in [-0.39, 0.29) is 48.7 Å². The fourth-order valence-corrected chi connectivity index (χ4v) is 5.75. The van der Waals surface area contributed by atoms with Gasteiger partial charge in [-0.2, -0.15) is 4.31 Å². The van der Waals surface area contributed by atoms with Crippen LogP contribution in [0.25, 0.3) is 0 Å². The number of rotatable bonds is 8. The Hall–Kier alpha value is -3.87. The van der Waals surface area contributed by atoms with Gasteiger partial charge in [-0.3, -0.25) is 14.6 Å². The molecule has 0 radical (unpaired) electrons. The lowest BCUT2D eigenvalue weighted by Crippen LogP contribution is -2.48. The number of aliphatic hydroxyl groups excluding tert-OH is 1. The van der Waals surface area contributed by atoms with Gasteiger partial charge in [0.25, 0.3) is 5.91 Å². The topological polar surface area (TPSA) is 129 Å². The molecule has 0 fully saturated rings. The highest BCUT2D eigenvalue weighted by Crippen LogP contribution is 2.30. The molecule has 0 unspecified atom stereocenters. The van der Waals surface area contributed by atoms with Gasteiger partial charge in [0.05, 0.1) is 30.5 Å². The first kappa shape index (κ1) is 30.1. The maximum absolute atomic E-state index is 13.4. The number of benzene rings is 2. The summed E-state index contributed by atoms with van der Waals surface area (Å²) in [6.07, 6.45) is 2.28. The Morgan fingerprint density at radius 1 is 1.20 bits per heavy atom. The molecule has 2 aromatic carbocycles. The quantitative estimate of drug-likeness (QED) is 0.417. The standard InChI is InChI=1S/C29H33FN4O6S/c1-19-16-34(20(2)18-35)28(36)15-22-14-24(32-29(37)21-10-12-31-13-11-21)6-9-26(22)40-27(19)17-33(3)41(38,39)25-7-4-23(30)5-8-25/h4-14,19-20,27,35H,15-18H2,1-3H3,(H,32,37)/t19-,20-,27+/m1/s1. The number of pyridine rings is 1. The zero-order valence-corrected chi connectivity index (χ0v) is 23.8. The Morgan fingerprint density at radius 2 is 1.88 bits per heavy atom. The number of likely N-dealkylation sites (N-methyl/N-ethyl adjacent to an activating group) is 1. The highest BCUT2D eigenvalue weighted by molar-refractivity contribution is 7.89. The summed E-state index contributed by atoms with van der Waals surface area (Å²) in [7, 11) is -2.55. The molecule has 41 heavy (non-hydrogen) atoms. The van der Waals surface area contributed by atoms with Gasteiger partial charge >= 0.3 is 0 Å². The molecule has 2 amide bonds. The third kappa shape index (κ3) is 7.07. The molecule has 0 saturated heterocycles. The van der Waals surface area contributed by atoms with Gasteiger partial charge in [-0.15, -0.1) is 0 Å². The van der Waals surface area contributed by atoms with E-state index in [2.05, 4.69) is 10.3 Å². The van der Waals surface area contributed by atoms with Crippen LogP contribution in [0, 0.1) is 11.7 Å². The minimum atomic E-state index is -3.96. The van der Waals surface area contributed by atoms with E-state index in [1.807, 2.05) is 6.92 Å². The summed E-state index contributed by atoms with van der Waals surface area (Å²) in [5.74, 6) is -1.10. The number of fused-ring (bicyclic) bond motifs is 1. The molecule has 1 aliphatic heterocycles. The number of amides is 2. The van der Waals surface area contributed by atoms with Gasteiger partial charge < -0.3 is 20.1 Å². The number of anilines is 1. The van der Waals surface area contributed by atoms with Crippen molar-refractivity contribution in [1.29, 1.82) is 0 Å². The average Bonchev–Trinajstić information content (AvgIpc) is 3.00. The van der Waals surface area contributed by atoms with E-state index in [4.69, 9.17) is 4.74 Å². The smallest absolute Gasteiger partial charge is 0.255 e. The van der Waals surface area contributed by atoms with Crippen molar-refractivity contribution < 1.29 is 32.2 Å². The van der Waals surface area contributed by atoms with E-state index in [1.165, 1.54) is 31.6 Å². The molecule has 0 aliphatic carbocycles. The Morgan fingerprint density at radius 3 is 2.54 bits per heavy atom. The second-order valence-corrected chi connectivity index (χ2v) is 12.2. The van der Waals surface area contributed by atoms with Gasteiger partial charge in [0, 0.05) is 48.7 Å². The average molecular weight is 585 g/mol. The maximum atomic E-state index is 13.4. The summed E-state index contributed by atoms with van der Waals surface area (Å²) < 4.78 is 47.4. The Balaban J connectivity index is 1.65. The monoisotopic (exact) mass is 584 g/mol. The second kappa shape index (κ2) is 12.8. The second-order valence-electron chi connectivity index (χ2n) is 10.1.